The van der Waals surface area contributed by atoms with E-state index >= 15 is 0 Å². The van der Waals surface area contributed by atoms with Gasteiger partial charge in [-0.25, -0.2) is 0 Å². The molecular weight excluding hydrogens is 1020 g/mol. The molecule has 398 valence electrons. The van der Waals surface area contributed by atoms with Gasteiger partial charge in [-0.15, -0.1) is 0 Å². The Kier molecular flexibility index (Phi) is 15.0. The Morgan fingerprint density at radius 2 is 0.329 bits per heavy atom. The number of para-hydroxylation sites is 2. The molecule has 0 spiro atoms. The number of anilines is 6. The molecule has 0 fully saturated rings. The van der Waals surface area contributed by atoms with Crippen LogP contribution in [0.4, 0.5) is 34.1 Å². The Morgan fingerprint density at radius 1 is 0.171 bits per heavy atom. The molecule has 4 heteroatoms. The molecule has 2 nitrogen and oxygen atoms in total. The van der Waals surface area contributed by atoms with Gasteiger partial charge in [0.15, 0.2) is 16.1 Å². The highest BCUT2D eigenvalue weighted by Crippen LogP contribution is 2.38. The zero-order valence-electron chi connectivity index (χ0n) is 47.8. The maximum Gasteiger partial charge on any atom is 0.179 e. The van der Waals surface area contributed by atoms with E-state index < -0.39 is 16.1 Å². The van der Waals surface area contributed by atoms with Crippen LogP contribution >= 0.6 is 0 Å². The van der Waals surface area contributed by atoms with Gasteiger partial charge in [0.05, 0.1) is 0 Å². The molecule has 82 heavy (non-hydrogen) atoms. The van der Waals surface area contributed by atoms with Crippen LogP contribution in [0.5, 0.6) is 0 Å². The summed E-state index contributed by atoms with van der Waals surface area (Å²) in [5, 5.41) is 10.9. The molecule has 0 aliphatic carbocycles. The molecule has 0 aliphatic heterocycles. The number of hydrogen-bond acceptors (Lipinski definition) is 2. The summed E-state index contributed by atoms with van der Waals surface area (Å²) in [6.45, 7) is 13.1. The van der Waals surface area contributed by atoms with E-state index in [-0.39, 0.29) is 0 Å². The largest absolute Gasteiger partial charge is 0.311 e. The Hall–Kier alpha value is -9.33. The van der Waals surface area contributed by atoms with Crippen LogP contribution in [0.3, 0.4) is 0 Å². The second kappa shape index (κ2) is 23.0. The van der Waals surface area contributed by atoms with E-state index in [1.165, 1.54) is 74.9 Å². The SMILES string of the molecule is Cc1ccc([Si](c2ccc(C)cc2)(c2ccc(C)cc2)c2ccc(N(c3ccccc3)c3ccc(-c4ccc(N(c5ccccc5)c5ccc([Si](c6ccc(C)cc6)(c6ccc(C)cc6)c6ccc(C)cc6)cc5)cc4)cc3)cc2)cc1. The molecule has 0 bridgehead atoms. The molecular formula is C78H68N2Si2. The number of nitrogens with zero attached hydrogens (tertiary/aromatic N) is 2. The summed E-state index contributed by atoms with van der Waals surface area (Å²) in [5.74, 6) is 0. The van der Waals surface area contributed by atoms with Crippen LogP contribution in [-0.2, 0) is 0 Å². The van der Waals surface area contributed by atoms with E-state index in [1.54, 1.807) is 0 Å². The van der Waals surface area contributed by atoms with Crippen LogP contribution in [0.15, 0.2) is 303 Å². The number of aryl methyl sites for hydroxylation is 6. The van der Waals surface area contributed by atoms with Gasteiger partial charge in [0.1, 0.15) is 0 Å². The highest BCUT2D eigenvalue weighted by molar-refractivity contribution is 7.20. The molecule has 12 aromatic carbocycles. The third-order valence-electron chi connectivity index (χ3n) is 16.6. The molecule has 12 rings (SSSR count). The second-order valence-electron chi connectivity index (χ2n) is 22.2. The normalized spacial score (nSPS) is 11.5. The molecule has 0 N–H and O–H groups in total. The van der Waals surface area contributed by atoms with Crippen molar-refractivity contribution >= 4 is 91.8 Å². The van der Waals surface area contributed by atoms with Crippen molar-refractivity contribution in [3.8, 4) is 11.1 Å². The fourth-order valence-corrected chi connectivity index (χ4v) is 21.5. The highest BCUT2D eigenvalue weighted by Gasteiger charge is 2.43. The lowest BCUT2D eigenvalue weighted by Crippen LogP contribution is -2.74. The fourth-order valence-electron chi connectivity index (χ4n) is 12.2. The van der Waals surface area contributed by atoms with Crippen LogP contribution in [0.25, 0.3) is 11.1 Å². The van der Waals surface area contributed by atoms with Crippen LogP contribution in [0.2, 0.25) is 0 Å². The minimum atomic E-state index is -2.75. The van der Waals surface area contributed by atoms with Gasteiger partial charge in [0, 0.05) is 34.1 Å². The lowest BCUT2D eigenvalue weighted by atomic mass is 10.0. The summed E-state index contributed by atoms with van der Waals surface area (Å²) in [5.41, 5.74) is 16.5. The zero-order valence-corrected chi connectivity index (χ0v) is 49.8. The first-order valence-corrected chi connectivity index (χ1v) is 32.6. The van der Waals surface area contributed by atoms with E-state index in [9.17, 15) is 0 Å². The topological polar surface area (TPSA) is 6.48 Å². The molecule has 0 radical (unpaired) electrons. The second-order valence-corrected chi connectivity index (χ2v) is 29.8. The van der Waals surface area contributed by atoms with E-state index in [0.717, 1.165) is 45.3 Å². The van der Waals surface area contributed by atoms with E-state index in [1.807, 2.05) is 0 Å². The zero-order chi connectivity index (χ0) is 56.2. The fraction of sp³-hybridized carbons (Fsp3) is 0.0769. The summed E-state index contributed by atoms with van der Waals surface area (Å²) in [6.07, 6.45) is 0. The number of benzene rings is 12. The van der Waals surface area contributed by atoms with Crippen molar-refractivity contribution in [2.45, 2.75) is 41.5 Å². The Morgan fingerprint density at radius 3 is 0.524 bits per heavy atom. The van der Waals surface area contributed by atoms with Gasteiger partial charge in [-0.2, -0.15) is 0 Å². The summed E-state index contributed by atoms with van der Waals surface area (Å²) in [6, 6.07) is 114. The standard InChI is InChI=1S/C78H68N2Si2/c1-57-17-41-71(42-18-57)81(72-43-19-58(2)20-44-72,73-45-21-59(3)22-46-73)77-53-37-69(38-54-77)79(65-13-9-7-10-14-65)67-33-29-63(30-34-67)64-31-35-68(36-32-64)80(66-15-11-8-12-16-66)70-39-55-78(56-40-70)82(74-47-23-60(4)24-48-74,75-49-25-61(5)26-50-75)76-51-27-62(6)28-52-76/h7-56H,1-6H3. The average molecular weight is 1090 g/mol. The first kappa shape index (κ1) is 53.3. The maximum atomic E-state index is 2.40. The molecule has 0 aromatic heterocycles. The van der Waals surface area contributed by atoms with Gasteiger partial charge < -0.3 is 9.80 Å². The van der Waals surface area contributed by atoms with E-state index in [2.05, 4.69) is 355 Å². The molecule has 0 aliphatic rings. The summed E-state index contributed by atoms with van der Waals surface area (Å²) >= 11 is 0. The van der Waals surface area contributed by atoms with Gasteiger partial charge in [0.25, 0.3) is 0 Å². The van der Waals surface area contributed by atoms with E-state index in [4.69, 9.17) is 0 Å². The minimum Gasteiger partial charge on any atom is -0.311 e. The Balaban J connectivity index is 0.884. The predicted molar refractivity (Wildman–Crippen MR) is 357 cm³/mol. The van der Waals surface area contributed by atoms with Crippen molar-refractivity contribution in [1.29, 1.82) is 0 Å². The maximum absolute atomic E-state index is 2.75. The van der Waals surface area contributed by atoms with Crippen molar-refractivity contribution in [3.63, 3.8) is 0 Å². The Labute approximate surface area is 488 Å². The summed E-state index contributed by atoms with van der Waals surface area (Å²) in [7, 11) is -5.50. The van der Waals surface area contributed by atoms with Crippen molar-refractivity contribution < 1.29 is 0 Å². The minimum absolute atomic E-state index is 1.09. The Bertz CT molecular complexity index is 3560. The third kappa shape index (κ3) is 10.3. The molecule has 0 unspecified atom stereocenters. The van der Waals surface area contributed by atoms with Gasteiger partial charge >= 0.3 is 0 Å². The first-order valence-electron chi connectivity index (χ1n) is 28.6. The quantitative estimate of drug-likeness (QED) is 0.0746. The van der Waals surface area contributed by atoms with Crippen molar-refractivity contribution in [1.82, 2.24) is 0 Å². The van der Waals surface area contributed by atoms with Crippen LogP contribution in [-0.4, -0.2) is 16.1 Å². The highest BCUT2D eigenvalue weighted by atomic mass is 28.3. The van der Waals surface area contributed by atoms with Crippen molar-refractivity contribution in [2.24, 2.45) is 0 Å². The number of hydrogen-bond donors (Lipinski definition) is 0. The third-order valence-corrected chi connectivity index (χ3v) is 26.2. The molecule has 0 saturated carbocycles. The molecule has 12 aromatic rings. The smallest absolute Gasteiger partial charge is 0.179 e. The molecule has 0 amide bonds. The van der Waals surface area contributed by atoms with Gasteiger partial charge in [-0.1, -0.05) is 264 Å². The van der Waals surface area contributed by atoms with E-state index in [0.29, 0.717) is 0 Å². The lowest BCUT2D eigenvalue weighted by molar-refractivity contribution is 1.28. The van der Waals surface area contributed by atoms with Gasteiger partial charge in [-0.05, 0) is 167 Å². The summed E-state index contributed by atoms with van der Waals surface area (Å²) in [4.78, 5) is 4.75. The first-order chi connectivity index (χ1) is 40.1. The molecule has 0 atom stereocenters. The molecule has 0 heterocycles. The van der Waals surface area contributed by atoms with Crippen molar-refractivity contribution in [2.75, 3.05) is 9.80 Å². The van der Waals surface area contributed by atoms with Crippen LogP contribution in [0, 0.1) is 41.5 Å². The monoisotopic (exact) mass is 1090 g/mol. The average Bonchev–Trinajstić information content (AvgIpc) is 3.71. The van der Waals surface area contributed by atoms with Gasteiger partial charge in [0.2, 0.25) is 0 Å². The summed E-state index contributed by atoms with van der Waals surface area (Å²) < 4.78 is 0. The van der Waals surface area contributed by atoms with Crippen molar-refractivity contribution in [3.05, 3.63) is 337 Å². The predicted octanol–water partition coefficient (Wildman–Crippen LogP) is 14.9. The van der Waals surface area contributed by atoms with Crippen LogP contribution < -0.4 is 51.3 Å². The molecule has 0 saturated heterocycles. The lowest BCUT2D eigenvalue weighted by Gasteiger charge is -2.35. The van der Waals surface area contributed by atoms with Gasteiger partial charge in [-0.3, -0.25) is 0 Å². The number of rotatable bonds is 15. The van der Waals surface area contributed by atoms with Crippen LogP contribution in [0.1, 0.15) is 33.4 Å².